The van der Waals surface area contributed by atoms with Crippen LogP contribution in [-0.4, -0.2) is 84.8 Å². The molecule has 0 bridgehead atoms. The van der Waals surface area contributed by atoms with Crippen LogP contribution in [0.25, 0.3) is 0 Å². The van der Waals surface area contributed by atoms with E-state index in [2.05, 4.69) is 6.08 Å². The van der Waals surface area contributed by atoms with Gasteiger partial charge in [-0.2, -0.15) is 0 Å². The number of carbonyl (C=O) groups is 3. The Morgan fingerprint density at radius 1 is 1.03 bits per heavy atom. The van der Waals surface area contributed by atoms with Gasteiger partial charge in [-0.25, -0.2) is 0 Å². The monoisotopic (exact) mass is 537 g/mol. The maximum atomic E-state index is 14.4. The number of likely N-dealkylation sites (tertiary alicyclic amines) is 1. The first-order chi connectivity index (χ1) is 18.0. The number of hydrogen-bond donors (Lipinski definition) is 1. The SMILES string of the molecule is CC(C)[C@H](CO)N1C(=O)[C@@H]2[C@@H]3C(=O)N(Cc4ccccc4)CC=C[C@@H]3S[C@@]23C=CCN(C(C)(C)C)C(=O)C13. The molecule has 1 aromatic rings. The van der Waals surface area contributed by atoms with E-state index >= 15 is 0 Å². The predicted molar refractivity (Wildman–Crippen MR) is 149 cm³/mol. The summed E-state index contributed by atoms with van der Waals surface area (Å²) >= 11 is 1.59. The molecule has 4 heterocycles. The highest BCUT2D eigenvalue weighted by molar-refractivity contribution is 8.02. The van der Waals surface area contributed by atoms with Gasteiger partial charge in [-0.1, -0.05) is 68.5 Å². The number of amides is 3. The lowest BCUT2D eigenvalue weighted by Crippen LogP contribution is -2.60. The predicted octanol–water partition coefficient (Wildman–Crippen LogP) is 3.10. The first kappa shape index (κ1) is 27.0. The Kier molecular flexibility index (Phi) is 7.01. The van der Waals surface area contributed by atoms with Gasteiger partial charge in [0.2, 0.25) is 17.7 Å². The summed E-state index contributed by atoms with van der Waals surface area (Å²) in [6, 6.07) is 8.60. The Hall–Kier alpha value is -2.58. The fraction of sp³-hybridized carbons (Fsp3) is 0.567. The van der Waals surface area contributed by atoms with Crippen LogP contribution in [0.2, 0.25) is 0 Å². The molecular formula is C30H39N3O4S. The fourth-order valence-corrected chi connectivity index (χ4v) is 8.65. The molecule has 5 rings (SSSR count). The minimum atomic E-state index is -0.873. The molecule has 0 aliphatic carbocycles. The number of carbonyl (C=O) groups excluding carboxylic acids is 3. The van der Waals surface area contributed by atoms with Crippen LogP contribution in [-0.2, 0) is 20.9 Å². The summed E-state index contributed by atoms with van der Waals surface area (Å²) in [5.74, 6) is -1.66. The van der Waals surface area contributed by atoms with Gasteiger partial charge < -0.3 is 19.8 Å². The Bertz CT molecular complexity index is 1160. The van der Waals surface area contributed by atoms with Crippen LogP contribution >= 0.6 is 11.8 Å². The molecular weight excluding hydrogens is 498 g/mol. The van der Waals surface area contributed by atoms with Crippen molar-refractivity contribution in [3.8, 4) is 0 Å². The maximum absolute atomic E-state index is 14.4. The van der Waals surface area contributed by atoms with Crippen molar-refractivity contribution in [1.82, 2.24) is 14.7 Å². The van der Waals surface area contributed by atoms with Crippen LogP contribution in [0, 0.1) is 17.8 Å². The lowest BCUT2D eigenvalue weighted by atomic mass is 9.78. The van der Waals surface area contributed by atoms with E-state index in [-0.39, 0.29) is 35.5 Å². The van der Waals surface area contributed by atoms with Crippen molar-refractivity contribution in [1.29, 1.82) is 0 Å². The van der Waals surface area contributed by atoms with Gasteiger partial charge in [-0.05, 0) is 32.3 Å². The lowest BCUT2D eigenvalue weighted by Gasteiger charge is -2.43. The summed E-state index contributed by atoms with van der Waals surface area (Å²) in [6.45, 7) is 11.1. The molecule has 4 aliphatic rings. The van der Waals surface area contributed by atoms with Crippen molar-refractivity contribution in [3.05, 3.63) is 60.2 Å². The first-order valence-corrected chi connectivity index (χ1v) is 14.5. The zero-order valence-corrected chi connectivity index (χ0v) is 23.7. The van der Waals surface area contributed by atoms with Crippen LogP contribution in [0.3, 0.4) is 0 Å². The van der Waals surface area contributed by atoms with Crippen molar-refractivity contribution in [3.63, 3.8) is 0 Å². The largest absolute Gasteiger partial charge is 0.394 e. The number of benzene rings is 1. The van der Waals surface area contributed by atoms with E-state index in [9.17, 15) is 19.5 Å². The molecule has 1 unspecified atom stereocenters. The van der Waals surface area contributed by atoms with E-state index in [1.807, 2.05) is 93.0 Å². The van der Waals surface area contributed by atoms with Gasteiger partial charge in [0, 0.05) is 30.4 Å². The normalized spacial score (nSPS) is 31.9. The second-order valence-corrected chi connectivity index (χ2v) is 13.7. The van der Waals surface area contributed by atoms with E-state index in [0.29, 0.717) is 19.6 Å². The van der Waals surface area contributed by atoms with Crippen LogP contribution in [0.1, 0.15) is 40.2 Å². The molecule has 2 fully saturated rings. The molecule has 1 N–H and O–H groups in total. The molecule has 38 heavy (non-hydrogen) atoms. The molecule has 0 aromatic heterocycles. The fourth-order valence-electron chi connectivity index (χ4n) is 6.66. The second-order valence-electron chi connectivity index (χ2n) is 12.2. The highest BCUT2D eigenvalue weighted by Crippen LogP contribution is 2.61. The van der Waals surface area contributed by atoms with Crippen LogP contribution in [0.15, 0.2) is 54.6 Å². The molecule has 8 heteroatoms. The average molecular weight is 538 g/mol. The number of fused-ring (bicyclic) bond motifs is 2. The Morgan fingerprint density at radius 2 is 1.74 bits per heavy atom. The van der Waals surface area contributed by atoms with Crippen molar-refractivity contribution >= 4 is 29.5 Å². The summed E-state index contributed by atoms with van der Waals surface area (Å²) in [7, 11) is 0. The molecule has 0 saturated carbocycles. The molecule has 4 aliphatic heterocycles. The van der Waals surface area contributed by atoms with Gasteiger partial charge in [0.25, 0.3) is 0 Å². The van der Waals surface area contributed by atoms with Crippen LogP contribution in [0.4, 0.5) is 0 Å². The molecule has 3 amide bonds. The standard InChI is InChI=1S/C30H39N3O4S/c1-19(2)21(18-34)33-25-28(37)32(29(3,4)5)16-10-14-30(25)24(27(33)36)23-22(38-30)13-9-15-31(26(23)35)17-20-11-7-6-8-12-20/h6-14,19,21-25,34H,15-18H2,1-5H3/t21-,22-,23+,24-,25?,30-/m0/s1. The van der Waals surface area contributed by atoms with Crippen LogP contribution < -0.4 is 0 Å². The summed E-state index contributed by atoms with van der Waals surface area (Å²) in [4.78, 5) is 48.3. The Labute approximate surface area is 229 Å². The number of rotatable bonds is 5. The molecule has 6 atom stereocenters. The molecule has 1 aromatic carbocycles. The van der Waals surface area contributed by atoms with E-state index < -0.39 is 34.2 Å². The molecule has 0 radical (unpaired) electrons. The number of aliphatic hydroxyl groups is 1. The first-order valence-electron chi connectivity index (χ1n) is 13.6. The number of nitrogens with zero attached hydrogens (tertiary/aromatic N) is 3. The summed E-state index contributed by atoms with van der Waals surface area (Å²) in [5.41, 5.74) is 0.595. The lowest BCUT2D eigenvalue weighted by molar-refractivity contribution is -0.149. The molecule has 204 valence electrons. The highest BCUT2D eigenvalue weighted by Gasteiger charge is 2.72. The van der Waals surface area contributed by atoms with E-state index in [4.69, 9.17) is 0 Å². The maximum Gasteiger partial charge on any atom is 0.247 e. The van der Waals surface area contributed by atoms with E-state index in [1.54, 1.807) is 16.7 Å². The van der Waals surface area contributed by atoms with Gasteiger partial charge in [0.1, 0.15) is 6.04 Å². The smallest absolute Gasteiger partial charge is 0.247 e. The Balaban J connectivity index is 1.60. The number of hydrogen-bond acceptors (Lipinski definition) is 5. The number of aliphatic hydroxyl groups excluding tert-OH is 1. The second kappa shape index (κ2) is 9.87. The third kappa shape index (κ3) is 4.20. The summed E-state index contributed by atoms with van der Waals surface area (Å²) in [6.07, 6.45) is 8.14. The van der Waals surface area contributed by atoms with Gasteiger partial charge in [-0.3, -0.25) is 14.4 Å². The van der Waals surface area contributed by atoms with Crippen molar-refractivity contribution in [2.24, 2.45) is 17.8 Å². The summed E-state index contributed by atoms with van der Waals surface area (Å²) in [5, 5.41) is 10.2. The van der Waals surface area contributed by atoms with Crippen LogP contribution in [0.5, 0.6) is 0 Å². The minimum Gasteiger partial charge on any atom is -0.394 e. The minimum absolute atomic E-state index is 0.0463. The number of thioether (sulfide) groups is 1. The quantitative estimate of drug-likeness (QED) is 0.584. The van der Waals surface area contributed by atoms with E-state index in [0.717, 1.165) is 5.56 Å². The molecule has 1 spiro atoms. The van der Waals surface area contributed by atoms with Gasteiger partial charge in [0.05, 0.1) is 29.2 Å². The summed E-state index contributed by atoms with van der Waals surface area (Å²) < 4.78 is -0.873. The topological polar surface area (TPSA) is 81.2 Å². The zero-order valence-electron chi connectivity index (χ0n) is 22.9. The van der Waals surface area contributed by atoms with Crippen molar-refractivity contribution < 1.29 is 19.5 Å². The van der Waals surface area contributed by atoms with Gasteiger partial charge >= 0.3 is 0 Å². The average Bonchev–Trinajstić information content (AvgIpc) is 3.17. The molecule has 2 saturated heterocycles. The molecule has 7 nitrogen and oxygen atoms in total. The zero-order chi connectivity index (χ0) is 27.4. The van der Waals surface area contributed by atoms with E-state index in [1.165, 1.54) is 0 Å². The van der Waals surface area contributed by atoms with Crippen molar-refractivity contribution in [2.45, 2.75) is 68.8 Å². The third-order valence-corrected chi connectivity index (χ3v) is 10.3. The Morgan fingerprint density at radius 3 is 2.37 bits per heavy atom. The third-order valence-electron chi connectivity index (χ3n) is 8.52. The highest BCUT2D eigenvalue weighted by atomic mass is 32.2. The van der Waals surface area contributed by atoms with Gasteiger partial charge in [-0.15, -0.1) is 11.8 Å². The van der Waals surface area contributed by atoms with Crippen molar-refractivity contribution in [2.75, 3.05) is 19.7 Å². The van der Waals surface area contributed by atoms with Gasteiger partial charge in [0.15, 0.2) is 0 Å².